The van der Waals surface area contributed by atoms with Gasteiger partial charge in [-0.15, -0.1) is 0 Å². The van der Waals surface area contributed by atoms with Gasteiger partial charge in [0, 0.05) is 26.2 Å². The maximum absolute atomic E-state index is 13.1. The molecule has 1 N–H and O–H groups in total. The number of urea groups is 1. The largest absolute Gasteiger partial charge is 0.495 e. The van der Waals surface area contributed by atoms with Crippen LogP contribution in [0.15, 0.2) is 47.4 Å². The minimum atomic E-state index is -3.56. The lowest BCUT2D eigenvalue weighted by Gasteiger charge is -2.34. The summed E-state index contributed by atoms with van der Waals surface area (Å²) in [4.78, 5) is 14.6. The average Bonchev–Trinajstić information content (AvgIpc) is 2.79. The lowest BCUT2D eigenvalue weighted by atomic mass is 9.92. The van der Waals surface area contributed by atoms with Crippen molar-refractivity contribution in [1.29, 1.82) is 0 Å². The molecule has 4 rings (SSSR count). The van der Waals surface area contributed by atoms with Crippen LogP contribution in [0.25, 0.3) is 0 Å². The highest BCUT2D eigenvalue weighted by Gasteiger charge is 2.31. The van der Waals surface area contributed by atoms with Gasteiger partial charge in [-0.2, -0.15) is 4.31 Å². The molecule has 2 amide bonds. The Morgan fingerprint density at radius 2 is 1.67 bits per heavy atom. The predicted molar refractivity (Wildman–Crippen MR) is 115 cm³/mol. The van der Waals surface area contributed by atoms with Gasteiger partial charge in [0.1, 0.15) is 5.75 Å². The molecule has 0 bridgehead atoms. The number of carbonyl (C=O) groups is 1. The van der Waals surface area contributed by atoms with Crippen LogP contribution in [0.5, 0.6) is 5.75 Å². The Balaban J connectivity index is 1.40. The van der Waals surface area contributed by atoms with Gasteiger partial charge in [0.05, 0.1) is 17.7 Å². The molecule has 2 aliphatic rings. The Morgan fingerprint density at radius 1 is 0.967 bits per heavy atom. The van der Waals surface area contributed by atoms with Gasteiger partial charge in [-0.1, -0.05) is 18.2 Å². The minimum absolute atomic E-state index is 0.259. The van der Waals surface area contributed by atoms with Gasteiger partial charge in [0.25, 0.3) is 0 Å². The summed E-state index contributed by atoms with van der Waals surface area (Å²) in [6.07, 6.45) is 4.24. The maximum Gasteiger partial charge on any atom is 0.322 e. The van der Waals surface area contributed by atoms with Crippen LogP contribution in [0.3, 0.4) is 0 Å². The molecule has 0 saturated carbocycles. The van der Waals surface area contributed by atoms with Crippen LogP contribution in [-0.4, -0.2) is 56.9 Å². The summed E-state index contributed by atoms with van der Waals surface area (Å²) in [5.74, 6) is 0.583. The van der Waals surface area contributed by atoms with E-state index in [1.54, 1.807) is 30.2 Å². The SMILES string of the molecule is COc1ccccc1NC(=O)N1CCN(S(=O)(=O)c2ccc3c(c2)CCCC3)CC1. The zero-order chi connectivity index (χ0) is 21.1. The molecule has 2 aromatic carbocycles. The summed E-state index contributed by atoms with van der Waals surface area (Å²) in [6.45, 7) is 1.23. The quantitative estimate of drug-likeness (QED) is 0.810. The molecule has 0 radical (unpaired) electrons. The number of rotatable bonds is 4. The molecule has 8 heteroatoms. The van der Waals surface area contributed by atoms with Crippen LogP contribution < -0.4 is 10.1 Å². The Labute approximate surface area is 177 Å². The molecule has 1 aliphatic carbocycles. The van der Waals surface area contributed by atoms with E-state index in [4.69, 9.17) is 4.74 Å². The van der Waals surface area contributed by atoms with Crippen LogP contribution in [0.2, 0.25) is 0 Å². The first kappa shape index (κ1) is 20.7. The zero-order valence-electron chi connectivity index (χ0n) is 17.1. The summed E-state index contributed by atoms with van der Waals surface area (Å²) in [7, 11) is -2.01. The maximum atomic E-state index is 13.1. The van der Waals surface area contributed by atoms with Crippen molar-refractivity contribution in [1.82, 2.24) is 9.21 Å². The summed E-state index contributed by atoms with van der Waals surface area (Å²) < 4.78 is 33.0. The standard InChI is InChI=1S/C22H27N3O4S/c1-29-21-9-5-4-8-20(21)23-22(26)24-12-14-25(15-13-24)30(27,28)19-11-10-17-6-2-3-7-18(17)16-19/h4-5,8-11,16H,2-3,6-7,12-15H2,1H3,(H,23,26). The lowest BCUT2D eigenvalue weighted by Crippen LogP contribution is -2.51. The van der Waals surface area contributed by atoms with Gasteiger partial charge in [-0.25, -0.2) is 13.2 Å². The van der Waals surface area contributed by atoms with Crippen LogP contribution in [0.4, 0.5) is 10.5 Å². The Hall–Kier alpha value is -2.58. The topological polar surface area (TPSA) is 79.0 Å². The molecule has 2 aromatic rings. The number of amides is 2. The molecule has 160 valence electrons. The smallest absolute Gasteiger partial charge is 0.322 e. The third-order valence-corrected chi connectivity index (χ3v) is 7.73. The lowest BCUT2D eigenvalue weighted by molar-refractivity contribution is 0.184. The van der Waals surface area contributed by atoms with Gasteiger partial charge in [-0.3, -0.25) is 0 Å². The number of methoxy groups -OCH3 is 1. The van der Waals surface area contributed by atoms with Gasteiger partial charge in [0.2, 0.25) is 10.0 Å². The second-order valence-electron chi connectivity index (χ2n) is 7.66. The molecule has 0 unspecified atom stereocenters. The van der Waals surface area contributed by atoms with Crippen LogP contribution in [-0.2, 0) is 22.9 Å². The Bertz CT molecular complexity index is 1030. The number of nitrogens with zero attached hydrogens (tertiary/aromatic N) is 2. The summed E-state index contributed by atoms with van der Waals surface area (Å²) in [5, 5.41) is 2.84. The normalized spacial score (nSPS) is 17.3. The molecule has 30 heavy (non-hydrogen) atoms. The molecule has 1 fully saturated rings. The number of benzene rings is 2. The first-order chi connectivity index (χ1) is 14.5. The Morgan fingerprint density at radius 3 is 2.40 bits per heavy atom. The first-order valence-electron chi connectivity index (χ1n) is 10.3. The third kappa shape index (κ3) is 4.15. The van der Waals surface area contributed by atoms with Gasteiger partial charge in [0.15, 0.2) is 0 Å². The van der Waals surface area contributed by atoms with E-state index in [-0.39, 0.29) is 19.1 Å². The second kappa shape index (κ2) is 8.65. The minimum Gasteiger partial charge on any atom is -0.495 e. The highest BCUT2D eigenvalue weighted by molar-refractivity contribution is 7.89. The van der Waals surface area contributed by atoms with E-state index in [2.05, 4.69) is 5.32 Å². The number of sulfonamides is 1. The van der Waals surface area contributed by atoms with E-state index >= 15 is 0 Å². The Kier molecular flexibility index (Phi) is 5.97. The highest BCUT2D eigenvalue weighted by atomic mass is 32.2. The van der Waals surface area contributed by atoms with E-state index in [0.717, 1.165) is 31.2 Å². The molecular weight excluding hydrogens is 402 g/mol. The van der Waals surface area contributed by atoms with Crippen molar-refractivity contribution in [2.24, 2.45) is 0 Å². The molecule has 0 aromatic heterocycles. The number of carbonyl (C=O) groups excluding carboxylic acids is 1. The van der Waals surface area contributed by atoms with Gasteiger partial charge >= 0.3 is 6.03 Å². The van der Waals surface area contributed by atoms with Crippen molar-refractivity contribution >= 4 is 21.7 Å². The molecule has 7 nitrogen and oxygen atoms in total. The number of hydrogen-bond donors (Lipinski definition) is 1. The van der Waals surface area contributed by atoms with Crippen molar-refractivity contribution in [3.8, 4) is 5.75 Å². The summed E-state index contributed by atoms with van der Waals surface area (Å²) in [5.41, 5.74) is 3.00. The molecule has 0 atom stereocenters. The predicted octanol–water partition coefficient (Wildman–Crippen LogP) is 3.11. The zero-order valence-corrected chi connectivity index (χ0v) is 18.0. The second-order valence-corrected chi connectivity index (χ2v) is 9.60. The van der Waals surface area contributed by atoms with Crippen molar-refractivity contribution in [3.05, 3.63) is 53.6 Å². The molecule has 0 spiro atoms. The van der Waals surface area contributed by atoms with Crippen molar-refractivity contribution < 1.29 is 17.9 Å². The number of para-hydroxylation sites is 2. The third-order valence-electron chi connectivity index (χ3n) is 5.83. The highest BCUT2D eigenvalue weighted by Crippen LogP contribution is 2.27. The van der Waals surface area contributed by atoms with Crippen molar-refractivity contribution in [2.75, 3.05) is 38.6 Å². The fourth-order valence-electron chi connectivity index (χ4n) is 4.09. The summed E-state index contributed by atoms with van der Waals surface area (Å²) >= 11 is 0. The van der Waals surface area contributed by atoms with Crippen LogP contribution >= 0.6 is 0 Å². The fourth-order valence-corrected chi connectivity index (χ4v) is 5.57. The number of ether oxygens (including phenoxy) is 1. The van der Waals surface area contributed by atoms with Crippen LogP contribution in [0.1, 0.15) is 24.0 Å². The monoisotopic (exact) mass is 429 g/mol. The number of fused-ring (bicyclic) bond motifs is 1. The van der Waals surface area contributed by atoms with Gasteiger partial charge in [-0.05, 0) is 61.1 Å². The number of aryl methyl sites for hydroxylation is 2. The summed E-state index contributed by atoms with van der Waals surface area (Å²) in [6, 6.07) is 12.5. The average molecular weight is 430 g/mol. The van der Waals surface area contributed by atoms with Gasteiger partial charge < -0.3 is 15.0 Å². The number of nitrogens with one attached hydrogen (secondary N) is 1. The van der Waals surface area contributed by atoms with E-state index in [1.165, 1.54) is 9.87 Å². The van der Waals surface area contributed by atoms with Crippen LogP contribution in [0, 0.1) is 0 Å². The number of anilines is 1. The molecule has 1 saturated heterocycles. The van der Waals surface area contributed by atoms with E-state index in [1.807, 2.05) is 24.3 Å². The van der Waals surface area contributed by atoms with E-state index in [9.17, 15) is 13.2 Å². The first-order valence-corrected chi connectivity index (χ1v) is 11.7. The molecule has 1 aliphatic heterocycles. The molecular formula is C22H27N3O4S. The van der Waals surface area contributed by atoms with Crippen molar-refractivity contribution in [2.45, 2.75) is 30.6 Å². The fraction of sp³-hybridized carbons (Fsp3) is 0.409. The number of hydrogen-bond acceptors (Lipinski definition) is 4. The number of piperazine rings is 1. The van der Waals surface area contributed by atoms with Crippen molar-refractivity contribution in [3.63, 3.8) is 0 Å². The van der Waals surface area contributed by atoms with E-state index < -0.39 is 10.0 Å². The van der Waals surface area contributed by atoms with E-state index in [0.29, 0.717) is 29.4 Å². The molecule has 1 heterocycles.